The first-order valence-corrected chi connectivity index (χ1v) is 7.91. The first-order chi connectivity index (χ1) is 9.70. The zero-order chi connectivity index (χ0) is 14.4. The summed E-state index contributed by atoms with van der Waals surface area (Å²) in [5.74, 6) is 2.62. The number of nitrogens with one attached hydrogen (secondary N) is 2. The molecule has 0 unspecified atom stereocenters. The molecular weight excluding hydrogens is 272 g/mol. The maximum absolute atomic E-state index is 10.9. The molecule has 1 aromatic heterocycles. The van der Waals surface area contributed by atoms with Crippen molar-refractivity contribution in [3.05, 3.63) is 30.0 Å². The van der Waals surface area contributed by atoms with Crippen LogP contribution in [0.25, 0.3) is 10.9 Å². The Kier molecular flexibility index (Phi) is 5.35. The monoisotopic (exact) mass is 292 g/mol. The maximum atomic E-state index is 10.9. The second-order valence-electron chi connectivity index (χ2n) is 4.51. The fourth-order valence-corrected chi connectivity index (χ4v) is 2.41. The number of H-pyrrole nitrogens is 1. The Morgan fingerprint density at radius 3 is 3.05 bits per heavy atom. The van der Waals surface area contributed by atoms with Crippen LogP contribution in [0.5, 0.6) is 5.75 Å². The van der Waals surface area contributed by atoms with E-state index in [2.05, 4.69) is 23.3 Å². The maximum Gasteiger partial charge on any atom is 0.216 e. The smallest absolute Gasteiger partial charge is 0.216 e. The van der Waals surface area contributed by atoms with E-state index in [0.29, 0.717) is 12.5 Å². The van der Waals surface area contributed by atoms with Gasteiger partial charge in [0.25, 0.3) is 0 Å². The van der Waals surface area contributed by atoms with Crippen molar-refractivity contribution in [2.75, 3.05) is 18.2 Å². The van der Waals surface area contributed by atoms with Crippen molar-refractivity contribution in [1.82, 2.24) is 10.3 Å². The summed E-state index contributed by atoms with van der Waals surface area (Å²) in [6.07, 6.45) is 2.81. The lowest BCUT2D eigenvalue weighted by Gasteiger charge is -2.06. The van der Waals surface area contributed by atoms with E-state index in [-0.39, 0.29) is 5.91 Å². The van der Waals surface area contributed by atoms with Gasteiger partial charge in [0.05, 0.1) is 0 Å². The molecule has 0 saturated carbocycles. The van der Waals surface area contributed by atoms with Gasteiger partial charge < -0.3 is 15.0 Å². The highest BCUT2D eigenvalue weighted by atomic mass is 32.2. The predicted molar refractivity (Wildman–Crippen MR) is 84.3 cm³/mol. The molecule has 0 aliphatic rings. The summed E-state index contributed by atoms with van der Waals surface area (Å²) in [4.78, 5) is 14.1. The van der Waals surface area contributed by atoms with E-state index in [1.165, 1.54) is 12.5 Å². The quantitative estimate of drug-likeness (QED) is 0.609. The Morgan fingerprint density at radius 2 is 2.30 bits per heavy atom. The average molecular weight is 292 g/mol. The standard InChI is InChI=1S/C15H20N2O2S/c1-3-20-10-19-13-4-5-15-14(8-13)12(9-17-15)6-7-16-11(2)18/h4-5,8-9,17H,3,6-7,10H2,1-2H3,(H,16,18). The molecule has 4 nitrogen and oxygen atoms in total. The van der Waals surface area contributed by atoms with Gasteiger partial charge in [-0.15, -0.1) is 11.8 Å². The number of hydrogen-bond donors (Lipinski definition) is 2. The van der Waals surface area contributed by atoms with Crippen LogP contribution in [0.4, 0.5) is 0 Å². The van der Waals surface area contributed by atoms with E-state index in [9.17, 15) is 4.79 Å². The zero-order valence-corrected chi connectivity index (χ0v) is 12.7. The van der Waals surface area contributed by atoms with Gasteiger partial charge in [0.2, 0.25) is 5.91 Å². The molecule has 0 fully saturated rings. The summed E-state index contributed by atoms with van der Waals surface area (Å²) in [6, 6.07) is 6.07. The number of ether oxygens (including phenoxy) is 1. The normalized spacial score (nSPS) is 10.7. The predicted octanol–water partition coefficient (Wildman–Crippen LogP) is 2.94. The summed E-state index contributed by atoms with van der Waals surface area (Å²) in [5.41, 5.74) is 2.29. The number of carbonyl (C=O) groups is 1. The van der Waals surface area contributed by atoms with E-state index < -0.39 is 0 Å². The van der Waals surface area contributed by atoms with Gasteiger partial charge in [-0.05, 0) is 35.9 Å². The largest absolute Gasteiger partial charge is 0.483 e. The molecular formula is C15H20N2O2S. The van der Waals surface area contributed by atoms with Crippen molar-refractivity contribution in [1.29, 1.82) is 0 Å². The number of fused-ring (bicyclic) bond motifs is 1. The molecule has 0 bridgehead atoms. The molecule has 0 aliphatic carbocycles. The Balaban J connectivity index is 2.06. The summed E-state index contributed by atoms with van der Waals surface area (Å²) < 4.78 is 5.70. The van der Waals surface area contributed by atoms with E-state index in [1.807, 2.05) is 18.3 Å². The van der Waals surface area contributed by atoms with Gasteiger partial charge in [-0.1, -0.05) is 6.92 Å². The zero-order valence-electron chi connectivity index (χ0n) is 11.9. The molecule has 0 saturated heterocycles. The highest BCUT2D eigenvalue weighted by Gasteiger charge is 2.05. The van der Waals surface area contributed by atoms with Crippen LogP contribution in [0.1, 0.15) is 19.4 Å². The lowest BCUT2D eigenvalue weighted by molar-refractivity contribution is -0.118. The van der Waals surface area contributed by atoms with Crippen LogP contribution in [0, 0.1) is 0 Å². The van der Waals surface area contributed by atoms with Crippen LogP contribution in [-0.2, 0) is 11.2 Å². The van der Waals surface area contributed by atoms with Gasteiger partial charge >= 0.3 is 0 Å². The SMILES string of the molecule is CCSCOc1ccc2[nH]cc(CCNC(C)=O)c2c1. The Labute approximate surface area is 123 Å². The number of aromatic nitrogens is 1. The minimum atomic E-state index is 0.00505. The molecule has 2 rings (SSSR count). The third-order valence-electron chi connectivity index (χ3n) is 3.02. The highest BCUT2D eigenvalue weighted by molar-refractivity contribution is 7.99. The summed E-state index contributed by atoms with van der Waals surface area (Å²) in [5, 5.41) is 3.98. The fourth-order valence-electron chi connectivity index (χ4n) is 2.02. The van der Waals surface area contributed by atoms with Crippen molar-refractivity contribution in [3.8, 4) is 5.75 Å². The van der Waals surface area contributed by atoms with E-state index >= 15 is 0 Å². The molecule has 5 heteroatoms. The van der Waals surface area contributed by atoms with Crippen LogP contribution < -0.4 is 10.1 Å². The van der Waals surface area contributed by atoms with Gasteiger partial charge in [-0.25, -0.2) is 0 Å². The number of hydrogen-bond acceptors (Lipinski definition) is 3. The molecule has 108 valence electrons. The van der Waals surface area contributed by atoms with Gasteiger partial charge in [-0.3, -0.25) is 4.79 Å². The minimum Gasteiger partial charge on any atom is -0.483 e. The van der Waals surface area contributed by atoms with Gasteiger partial charge in [0.15, 0.2) is 0 Å². The lowest BCUT2D eigenvalue weighted by Crippen LogP contribution is -2.22. The third-order valence-corrected chi connectivity index (χ3v) is 3.71. The van der Waals surface area contributed by atoms with Gasteiger partial charge in [0, 0.05) is 30.6 Å². The Morgan fingerprint density at radius 1 is 1.45 bits per heavy atom. The van der Waals surface area contributed by atoms with E-state index in [4.69, 9.17) is 4.74 Å². The second kappa shape index (κ2) is 7.24. The lowest BCUT2D eigenvalue weighted by atomic mass is 10.1. The van der Waals surface area contributed by atoms with Crippen molar-refractivity contribution in [2.24, 2.45) is 0 Å². The number of thioether (sulfide) groups is 1. The van der Waals surface area contributed by atoms with Crippen LogP contribution >= 0.6 is 11.8 Å². The topological polar surface area (TPSA) is 54.1 Å². The first-order valence-electron chi connectivity index (χ1n) is 6.75. The number of benzene rings is 1. The Hall–Kier alpha value is -1.62. The first kappa shape index (κ1) is 14.8. The molecule has 0 spiro atoms. The molecule has 2 N–H and O–H groups in total. The summed E-state index contributed by atoms with van der Waals surface area (Å²) >= 11 is 1.75. The third kappa shape index (κ3) is 3.93. The second-order valence-corrected chi connectivity index (χ2v) is 5.73. The molecule has 2 aromatic rings. The van der Waals surface area contributed by atoms with Gasteiger partial charge in [0.1, 0.15) is 11.7 Å². The number of aromatic amines is 1. The average Bonchev–Trinajstić information content (AvgIpc) is 2.82. The van der Waals surface area contributed by atoms with Crippen LogP contribution in [0.15, 0.2) is 24.4 Å². The van der Waals surface area contributed by atoms with Crippen LogP contribution in [0.2, 0.25) is 0 Å². The van der Waals surface area contributed by atoms with Crippen molar-refractivity contribution < 1.29 is 9.53 Å². The van der Waals surface area contributed by atoms with Crippen molar-refractivity contribution in [2.45, 2.75) is 20.3 Å². The van der Waals surface area contributed by atoms with Crippen LogP contribution in [-0.4, -0.2) is 29.1 Å². The summed E-state index contributed by atoms with van der Waals surface area (Å²) in [6.45, 7) is 4.30. The molecule has 1 heterocycles. The number of rotatable bonds is 7. The van der Waals surface area contributed by atoms with Gasteiger partial charge in [-0.2, -0.15) is 0 Å². The number of amides is 1. The molecule has 20 heavy (non-hydrogen) atoms. The molecule has 0 aliphatic heterocycles. The molecule has 0 radical (unpaired) electrons. The van der Waals surface area contributed by atoms with Crippen molar-refractivity contribution >= 4 is 28.6 Å². The fraction of sp³-hybridized carbons (Fsp3) is 0.400. The highest BCUT2D eigenvalue weighted by Crippen LogP contribution is 2.24. The van der Waals surface area contributed by atoms with Crippen LogP contribution in [0.3, 0.4) is 0 Å². The Bertz CT molecular complexity index is 580. The molecule has 1 aromatic carbocycles. The number of carbonyl (C=O) groups excluding carboxylic acids is 1. The molecule has 1 amide bonds. The van der Waals surface area contributed by atoms with Crippen molar-refractivity contribution in [3.63, 3.8) is 0 Å². The minimum absolute atomic E-state index is 0.00505. The van der Waals surface area contributed by atoms with E-state index in [1.54, 1.807) is 11.8 Å². The van der Waals surface area contributed by atoms with E-state index in [0.717, 1.165) is 28.8 Å². The summed E-state index contributed by atoms with van der Waals surface area (Å²) in [7, 11) is 0. The molecule has 0 atom stereocenters.